The van der Waals surface area contributed by atoms with Gasteiger partial charge in [-0.15, -0.1) is 0 Å². The first-order chi connectivity index (χ1) is 17.5. The van der Waals surface area contributed by atoms with Crippen LogP contribution in [0.15, 0.2) is 72.8 Å². The summed E-state index contributed by atoms with van der Waals surface area (Å²) in [4.78, 5) is 26.4. The van der Waals surface area contributed by atoms with Gasteiger partial charge in [0.25, 0.3) is 11.6 Å². The summed E-state index contributed by atoms with van der Waals surface area (Å²) in [5.74, 6) is -0.298. The van der Waals surface area contributed by atoms with Crippen molar-refractivity contribution in [2.24, 2.45) is 0 Å². The number of hydrogen-bond donors (Lipinski definition) is 2. The second kappa shape index (κ2) is 10.3. The molecule has 0 bridgehead atoms. The molecular weight excluding hydrogens is 456 g/mol. The van der Waals surface area contributed by atoms with E-state index in [1.165, 1.54) is 17.7 Å². The summed E-state index contributed by atoms with van der Waals surface area (Å²) in [6, 6.07) is 22.1. The van der Waals surface area contributed by atoms with E-state index in [0.717, 1.165) is 43.7 Å². The Labute approximate surface area is 209 Å². The number of carbonyl (C=O) groups excluding carboxylic acids is 1. The molecule has 8 nitrogen and oxygen atoms in total. The molecule has 3 aromatic rings. The van der Waals surface area contributed by atoms with E-state index in [2.05, 4.69) is 27.7 Å². The van der Waals surface area contributed by atoms with Crippen LogP contribution in [0.4, 0.5) is 17.1 Å². The predicted octanol–water partition coefficient (Wildman–Crippen LogP) is 5.14. The molecule has 1 fully saturated rings. The average molecular weight is 485 g/mol. The van der Waals surface area contributed by atoms with Crippen LogP contribution < -0.4 is 10.6 Å². The van der Waals surface area contributed by atoms with Crippen molar-refractivity contribution in [3.8, 4) is 0 Å². The van der Waals surface area contributed by atoms with E-state index in [1.54, 1.807) is 13.2 Å². The van der Waals surface area contributed by atoms with Gasteiger partial charge in [-0.1, -0.05) is 42.5 Å². The molecule has 36 heavy (non-hydrogen) atoms. The molecule has 2 N–H and O–H groups in total. The Kier molecular flexibility index (Phi) is 6.79. The standard InChI is InChI=1S/C28H28N4O4/c1-36-23-13-15-31(16-14-23)18-19-7-9-21(10-8-19)29-27(20-5-3-2-4-6-20)26-24-17-22(32(34)35)11-12-25(24)30-28(26)33/h2-12,17,23,29H,13-16,18H2,1H3,(H,30,33)/b27-26-. The second-order valence-electron chi connectivity index (χ2n) is 9.09. The van der Waals surface area contributed by atoms with E-state index in [4.69, 9.17) is 4.74 Å². The zero-order valence-corrected chi connectivity index (χ0v) is 20.1. The molecule has 2 aliphatic rings. The van der Waals surface area contributed by atoms with E-state index in [1.807, 2.05) is 42.5 Å². The van der Waals surface area contributed by atoms with Gasteiger partial charge in [-0.25, -0.2) is 0 Å². The number of likely N-dealkylation sites (tertiary alicyclic amines) is 1. The van der Waals surface area contributed by atoms with Crippen LogP contribution in [0.5, 0.6) is 0 Å². The number of nitrogens with zero attached hydrogens (tertiary/aromatic N) is 2. The first-order valence-corrected chi connectivity index (χ1v) is 12.0. The van der Waals surface area contributed by atoms with E-state index in [9.17, 15) is 14.9 Å². The number of fused-ring (bicyclic) bond motifs is 1. The van der Waals surface area contributed by atoms with Crippen LogP contribution >= 0.6 is 0 Å². The molecule has 0 spiro atoms. The molecule has 184 valence electrons. The summed E-state index contributed by atoms with van der Waals surface area (Å²) in [6.45, 7) is 2.91. The number of nitro benzene ring substituents is 1. The lowest BCUT2D eigenvalue weighted by molar-refractivity contribution is -0.384. The third kappa shape index (κ3) is 5.00. The van der Waals surface area contributed by atoms with Gasteiger partial charge >= 0.3 is 0 Å². The van der Waals surface area contributed by atoms with Gasteiger partial charge in [0, 0.05) is 55.8 Å². The normalized spacial score (nSPS) is 17.4. The van der Waals surface area contributed by atoms with Gasteiger partial charge in [0.1, 0.15) is 0 Å². The van der Waals surface area contributed by atoms with Gasteiger partial charge in [-0.05, 0) is 42.2 Å². The Morgan fingerprint density at radius 2 is 1.81 bits per heavy atom. The first kappa shape index (κ1) is 23.7. The summed E-state index contributed by atoms with van der Waals surface area (Å²) >= 11 is 0. The van der Waals surface area contributed by atoms with E-state index in [0.29, 0.717) is 28.6 Å². The number of nitrogens with one attached hydrogen (secondary N) is 2. The molecule has 5 rings (SSSR count). The van der Waals surface area contributed by atoms with Crippen molar-refractivity contribution in [2.45, 2.75) is 25.5 Å². The molecule has 0 unspecified atom stereocenters. The van der Waals surface area contributed by atoms with Gasteiger partial charge in [0.15, 0.2) is 0 Å². The molecule has 2 aliphatic heterocycles. The van der Waals surface area contributed by atoms with Crippen LogP contribution in [-0.4, -0.2) is 42.0 Å². The molecule has 2 heterocycles. The second-order valence-corrected chi connectivity index (χ2v) is 9.09. The molecule has 0 saturated carbocycles. The first-order valence-electron chi connectivity index (χ1n) is 12.0. The number of benzene rings is 3. The zero-order valence-electron chi connectivity index (χ0n) is 20.1. The summed E-state index contributed by atoms with van der Waals surface area (Å²) in [5, 5.41) is 17.6. The minimum absolute atomic E-state index is 0.0611. The van der Waals surface area contributed by atoms with Crippen LogP contribution in [0.3, 0.4) is 0 Å². The molecule has 3 aromatic carbocycles. The van der Waals surface area contributed by atoms with Crippen LogP contribution in [0.1, 0.15) is 29.5 Å². The fourth-order valence-corrected chi connectivity index (χ4v) is 4.80. The van der Waals surface area contributed by atoms with Crippen LogP contribution in [0, 0.1) is 10.1 Å². The number of anilines is 2. The number of amides is 1. The van der Waals surface area contributed by atoms with Crippen molar-refractivity contribution in [1.82, 2.24) is 4.90 Å². The van der Waals surface area contributed by atoms with Gasteiger partial charge in [0.05, 0.1) is 22.3 Å². The maximum absolute atomic E-state index is 13.0. The molecule has 0 aromatic heterocycles. The number of hydrogen-bond acceptors (Lipinski definition) is 6. The van der Waals surface area contributed by atoms with Gasteiger partial charge in [-0.3, -0.25) is 19.8 Å². The Hall–Kier alpha value is -4.01. The lowest BCUT2D eigenvalue weighted by Gasteiger charge is -2.31. The molecule has 1 saturated heterocycles. The lowest BCUT2D eigenvalue weighted by atomic mass is 9.99. The van der Waals surface area contributed by atoms with E-state index < -0.39 is 4.92 Å². The quantitative estimate of drug-likeness (QED) is 0.274. The highest BCUT2D eigenvalue weighted by atomic mass is 16.6. The SMILES string of the molecule is COC1CCN(Cc2ccc(N/C(=C3\C(=O)Nc4ccc([N+](=O)[O-])cc43)c3ccccc3)cc2)CC1. The molecular formula is C28H28N4O4. The number of piperidine rings is 1. The summed E-state index contributed by atoms with van der Waals surface area (Å²) < 4.78 is 5.47. The molecule has 1 amide bonds. The van der Waals surface area contributed by atoms with Crippen molar-refractivity contribution >= 4 is 34.2 Å². The van der Waals surface area contributed by atoms with E-state index >= 15 is 0 Å². The highest BCUT2D eigenvalue weighted by molar-refractivity contribution is 6.37. The monoisotopic (exact) mass is 484 g/mol. The number of ether oxygens (including phenoxy) is 1. The topological polar surface area (TPSA) is 96.7 Å². The largest absolute Gasteiger partial charge is 0.381 e. The van der Waals surface area contributed by atoms with E-state index in [-0.39, 0.29) is 11.6 Å². The fraction of sp³-hybridized carbons (Fsp3) is 0.250. The van der Waals surface area contributed by atoms with Crippen molar-refractivity contribution < 1.29 is 14.5 Å². The molecule has 0 radical (unpaired) electrons. The van der Waals surface area contributed by atoms with Gasteiger partial charge in [0.2, 0.25) is 0 Å². The summed E-state index contributed by atoms with van der Waals surface area (Å²) in [7, 11) is 1.78. The third-order valence-corrected chi connectivity index (χ3v) is 6.77. The highest BCUT2D eigenvalue weighted by Gasteiger charge is 2.30. The Morgan fingerprint density at radius 1 is 1.08 bits per heavy atom. The maximum atomic E-state index is 13.0. The summed E-state index contributed by atoms with van der Waals surface area (Å²) in [5.41, 5.74) is 4.84. The maximum Gasteiger partial charge on any atom is 0.270 e. The van der Waals surface area contributed by atoms with Gasteiger partial charge < -0.3 is 15.4 Å². The molecule has 0 atom stereocenters. The number of non-ortho nitro benzene ring substituents is 1. The van der Waals surface area contributed by atoms with Crippen molar-refractivity contribution in [3.05, 3.63) is 99.6 Å². The Morgan fingerprint density at radius 3 is 2.47 bits per heavy atom. The zero-order chi connectivity index (χ0) is 25.1. The van der Waals surface area contributed by atoms with Crippen molar-refractivity contribution in [3.63, 3.8) is 0 Å². The predicted molar refractivity (Wildman–Crippen MR) is 140 cm³/mol. The Balaban J connectivity index is 1.44. The third-order valence-electron chi connectivity index (χ3n) is 6.77. The number of methoxy groups -OCH3 is 1. The van der Waals surface area contributed by atoms with Crippen molar-refractivity contribution in [2.75, 3.05) is 30.8 Å². The number of carbonyl (C=O) groups is 1. The minimum atomic E-state index is -0.452. The fourth-order valence-electron chi connectivity index (χ4n) is 4.80. The van der Waals surface area contributed by atoms with Crippen LogP contribution in [0.25, 0.3) is 11.3 Å². The van der Waals surface area contributed by atoms with Crippen LogP contribution in [0.2, 0.25) is 0 Å². The summed E-state index contributed by atoms with van der Waals surface area (Å²) in [6.07, 6.45) is 2.45. The van der Waals surface area contributed by atoms with Gasteiger partial charge in [-0.2, -0.15) is 0 Å². The Bertz CT molecular complexity index is 1300. The lowest BCUT2D eigenvalue weighted by Crippen LogP contribution is -2.36. The smallest absolute Gasteiger partial charge is 0.270 e. The molecule has 0 aliphatic carbocycles. The average Bonchev–Trinajstić information content (AvgIpc) is 3.24. The minimum Gasteiger partial charge on any atom is -0.381 e. The number of rotatable bonds is 7. The number of nitro groups is 1. The molecule has 8 heteroatoms. The van der Waals surface area contributed by atoms with Crippen LogP contribution in [-0.2, 0) is 16.1 Å². The van der Waals surface area contributed by atoms with Crippen molar-refractivity contribution in [1.29, 1.82) is 0 Å². The highest BCUT2D eigenvalue weighted by Crippen LogP contribution is 2.39.